The molecule has 3 heterocycles. The van der Waals surface area contributed by atoms with Gasteiger partial charge in [-0.1, -0.05) is 35.5 Å². The van der Waals surface area contributed by atoms with Crippen molar-refractivity contribution in [2.24, 2.45) is 0 Å². The Balaban J connectivity index is 1.44. The predicted octanol–water partition coefficient (Wildman–Crippen LogP) is 0.842. The lowest BCUT2D eigenvalue weighted by Gasteiger charge is -2.16. The molecule has 132 valence electrons. The predicted molar refractivity (Wildman–Crippen MR) is 85.7 cm³/mol. The van der Waals surface area contributed by atoms with Crippen LogP contribution in [-0.4, -0.2) is 66.2 Å². The van der Waals surface area contributed by atoms with E-state index >= 15 is 0 Å². The van der Waals surface area contributed by atoms with Gasteiger partial charge in [-0.05, 0) is 0 Å². The fraction of sp³-hybridized carbons (Fsp3) is 0.471. The fourth-order valence-electron chi connectivity index (χ4n) is 3.23. The Morgan fingerprint density at radius 1 is 1.24 bits per heavy atom. The molecule has 4 rings (SSSR count). The average molecular weight is 345 g/mol. The minimum atomic E-state index is -0.415. The summed E-state index contributed by atoms with van der Waals surface area (Å²) in [5, 5.41) is 8.48. The smallest absolute Gasteiger partial charge is 0.331 e. The maximum Gasteiger partial charge on any atom is 0.331 e. The van der Waals surface area contributed by atoms with Crippen LogP contribution in [0.25, 0.3) is 11.3 Å². The monoisotopic (exact) mass is 345 g/mol. The average Bonchev–Trinajstić information content (AvgIpc) is 3.36. The maximum atomic E-state index is 11.2. The van der Waals surface area contributed by atoms with Crippen molar-refractivity contribution in [2.45, 2.75) is 24.4 Å². The van der Waals surface area contributed by atoms with E-state index in [1.54, 1.807) is 4.68 Å². The van der Waals surface area contributed by atoms with Crippen molar-refractivity contribution in [3.8, 4) is 11.3 Å². The second-order valence-corrected chi connectivity index (χ2v) is 6.04. The molecule has 8 nitrogen and oxygen atoms in total. The Kier molecular flexibility index (Phi) is 4.48. The van der Waals surface area contributed by atoms with Gasteiger partial charge in [0.05, 0.1) is 26.5 Å². The summed E-state index contributed by atoms with van der Waals surface area (Å²) >= 11 is 0. The van der Waals surface area contributed by atoms with Gasteiger partial charge in [0.2, 0.25) is 0 Å². The van der Waals surface area contributed by atoms with Crippen LogP contribution in [-0.2, 0) is 23.7 Å². The van der Waals surface area contributed by atoms with Gasteiger partial charge in [-0.2, -0.15) is 0 Å². The van der Waals surface area contributed by atoms with Crippen LogP contribution < -0.4 is 0 Å². The Morgan fingerprint density at radius 3 is 2.84 bits per heavy atom. The minimum absolute atomic E-state index is 0.0679. The number of esters is 1. The van der Waals surface area contributed by atoms with Gasteiger partial charge in [0, 0.05) is 5.56 Å². The molecule has 0 N–H and O–H groups in total. The molecule has 4 unspecified atom stereocenters. The van der Waals surface area contributed by atoms with Crippen molar-refractivity contribution in [1.29, 1.82) is 0 Å². The van der Waals surface area contributed by atoms with Crippen molar-refractivity contribution in [3.05, 3.63) is 36.5 Å². The molecule has 0 bridgehead atoms. The molecule has 0 aliphatic carbocycles. The van der Waals surface area contributed by atoms with Crippen LogP contribution in [0, 0.1) is 0 Å². The molecule has 0 amide bonds. The number of carbonyl (C=O) groups excluding carboxylic acids is 1. The Morgan fingerprint density at radius 2 is 2.04 bits per heavy atom. The Hall–Kier alpha value is -2.29. The Bertz CT molecular complexity index is 735. The van der Waals surface area contributed by atoms with E-state index in [1.165, 1.54) is 7.11 Å². The number of methoxy groups -OCH3 is 1. The van der Waals surface area contributed by atoms with Gasteiger partial charge in [-0.3, -0.25) is 0 Å². The fourth-order valence-corrected chi connectivity index (χ4v) is 3.23. The van der Waals surface area contributed by atoms with Gasteiger partial charge in [-0.15, -0.1) is 5.10 Å². The largest absolute Gasteiger partial charge is 0.467 e. The van der Waals surface area contributed by atoms with Crippen molar-refractivity contribution < 1.29 is 23.7 Å². The number of benzene rings is 1. The lowest BCUT2D eigenvalue weighted by molar-refractivity contribution is -0.150. The number of aromatic nitrogens is 3. The van der Waals surface area contributed by atoms with Crippen LogP contribution in [0.1, 0.15) is 6.04 Å². The lowest BCUT2D eigenvalue weighted by atomic mass is 10.1. The number of ether oxygens (including phenoxy) is 4. The molecule has 0 saturated carbocycles. The zero-order chi connectivity index (χ0) is 17.2. The molecule has 2 saturated heterocycles. The second-order valence-electron chi connectivity index (χ2n) is 6.04. The first-order valence-electron chi connectivity index (χ1n) is 8.15. The molecule has 2 fully saturated rings. The summed E-state index contributed by atoms with van der Waals surface area (Å²) in [7, 11) is 1.33. The first kappa shape index (κ1) is 16.2. The van der Waals surface area contributed by atoms with Crippen LogP contribution >= 0.6 is 0 Å². The van der Waals surface area contributed by atoms with E-state index < -0.39 is 5.97 Å². The molecule has 8 heteroatoms. The Labute approximate surface area is 144 Å². The standard InChI is InChI=1S/C17H19N3O5/c1-22-15(21)10-23-14-9-25-16-13(8-24-17(14)16)20-7-12(18-19-20)11-5-3-2-4-6-11/h2-7,13-14,16-17H,8-10H2,1H3. The molecule has 25 heavy (non-hydrogen) atoms. The quantitative estimate of drug-likeness (QED) is 0.743. The van der Waals surface area contributed by atoms with Crippen LogP contribution in [0.15, 0.2) is 36.5 Å². The van der Waals surface area contributed by atoms with E-state index in [2.05, 4.69) is 15.0 Å². The summed E-state index contributed by atoms with van der Waals surface area (Å²) in [6.45, 7) is 0.733. The summed E-state index contributed by atoms with van der Waals surface area (Å²) in [6, 6.07) is 9.81. The summed E-state index contributed by atoms with van der Waals surface area (Å²) < 4.78 is 23.6. The van der Waals surface area contributed by atoms with Gasteiger partial charge in [0.1, 0.15) is 36.7 Å². The van der Waals surface area contributed by atoms with Crippen molar-refractivity contribution in [2.75, 3.05) is 26.9 Å². The van der Waals surface area contributed by atoms with Crippen LogP contribution in [0.2, 0.25) is 0 Å². The number of hydrogen-bond donors (Lipinski definition) is 0. The van der Waals surface area contributed by atoms with Crippen LogP contribution in [0.4, 0.5) is 0 Å². The van der Waals surface area contributed by atoms with Gasteiger partial charge in [-0.25, -0.2) is 9.48 Å². The van der Waals surface area contributed by atoms with Crippen molar-refractivity contribution in [1.82, 2.24) is 15.0 Å². The van der Waals surface area contributed by atoms with Gasteiger partial charge in [0.15, 0.2) is 0 Å². The van der Waals surface area contributed by atoms with E-state index in [9.17, 15) is 4.79 Å². The van der Waals surface area contributed by atoms with Gasteiger partial charge in [0.25, 0.3) is 0 Å². The number of fused-ring (bicyclic) bond motifs is 1. The molecule has 2 aliphatic heterocycles. The summed E-state index contributed by atoms with van der Waals surface area (Å²) in [4.78, 5) is 11.2. The van der Waals surface area contributed by atoms with Crippen LogP contribution in [0.3, 0.4) is 0 Å². The normalized spacial score (nSPS) is 28.0. The molecular weight excluding hydrogens is 326 g/mol. The van der Waals surface area contributed by atoms with Gasteiger partial charge >= 0.3 is 5.97 Å². The molecule has 1 aromatic heterocycles. The third kappa shape index (κ3) is 3.15. The number of rotatable bonds is 5. The molecule has 0 radical (unpaired) electrons. The first-order valence-corrected chi connectivity index (χ1v) is 8.15. The van der Waals surface area contributed by atoms with E-state index in [0.717, 1.165) is 11.3 Å². The highest BCUT2D eigenvalue weighted by molar-refractivity contribution is 5.70. The summed E-state index contributed by atoms with van der Waals surface area (Å²) in [5.74, 6) is -0.415. The first-order chi connectivity index (χ1) is 12.3. The zero-order valence-electron chi connectivity index (χ0n) is 13.8. The molecule has 2 aliphatic rings. The van der Waals surface area contributed by atoms with E-state index in [-0.39, 0.29) is 31.0 Å². The van der Waals surface area contributed by atoms with Crippen molar-refractivity contribution >= 4 is 5.97 Å². The molecule has 1 aromatic carbocycles. The van der Waals surface area contributed by atoms with E-state index in [4.69, 9.17) is 14.2 Å². The third-order valence-corrected chi connectivity index (χ3v) is 4.54. The zero-order valence-corrected chi connectivity index (χ0v) is 13.8. The molecule has 2 aromatic rings. The minimum Gasteiger partial charge on any atom is -0.467 e. The highest BCUT2D eigenvalue weighted by Crippen LogP contribution is 2.35. The van der Waals surface area contributed by atoms with E-state index in [0.29, 0.717) is 13.2 Å². The number of carbonyl (C=O) groups is 1. The van der Waals surface area contributed by atoms with Gasteiger partial charge < -0.3 is 18.9 Å². The number of nitrogens with zero attached hydrogens (tertiary/aromatic N) is 3. The topological polar surface area (TPSA) is 84.7 Å². The SMILES string of the molecule is COC(=O)COC1COC2C1OCC2n1cc(-c2ccccc2)nn1. The second kappa shape index (κ2) is 6.91. The molecular formula is C17H19N3O5. The summed E-state index contributed by atoms with van der Waals surface area (Å²) in [5.41, 5.74) is 1.82. The highest BCUT2D eigenvalue weighted by Gasteiger charge is 2.49. The molecule has 0 spiro atoms. The van der Waals surface area contributed by atoms with E-state index in [1.807, 2.05) is 36.5 Å². The maximum absolute atomic E-state index is 11.2. The summed E-state index contributed by atoms with van der Waals surface area (Å²) in [6.07, 6.45) is 1.22. The van der Waals surface area contributed by atoms with Crippen molar-refractivity contribution in [3.63, 3.8) is 0 Å². The lowest BCUT2D eigenvalue weighted by Crippen LogP contribution is -2.33. The third-order valence-electron chi connectivity index (χ3n) is 4.54. The number of hydrogen-bond acceptors (Lipinski definition) is 7. The van der Waals surface area contributed by atoms with Crippen LogP contribution in [0.5, 0.6) is 0 Å². The molecule has 4 atom stereocenters. The highest BCUT2D eigenvalue weighted by atomic mass is 16.6.